The molecule has 3 aromatic heterocycles. The minimum Gasteiger partial charge on any atom is -0.487 e. The zero-order valence-electron chi connectivity index (χ0n) is 28.5. The van der Waals surface area contributed by atoms with Gasteiger partial charge in [-0.3, -0.25) is 10.2 Å². The molecule has 0 aliphatic carbocycles. The lowest BCUT2D eigenvalue weighted by molar-refractivity contribution is 0.301. The summed E-state index contributed by atoms with van der Waals surface area (Å²) in [4.78, 5) is 0. The molecule has 0 aliphatic rings. The molecule has 0 bridgehead atoms. The lowest BCUT2D eigenvalue weighted by Gasteiger charge is -2.12. The van der Waals surface area contributed by atoms with Crippen molar-refractivity contribution in [1.82, 2.24) is 30.6 Å². The van der Waals surface area contributed by atoms with Crippen LogP contribution in [0.25, 0.3) is 21.9 Å². The van der Waals surface area contributed by atoms with Gasteiger partial charge in [0.05, 0.1) is 50.7 Å². The summed E-state index contributed by atoms with van der Waals surface area (Å²) < 4.78 is 32.4. The summed E-state index contributed by atoms with van der Waals surface area (Å²) in [5.74, 6) is 0.858. The summed E-state index contributed by atoms with van der Waals surface area (Å²) in [6.07, 6.45) is 1.76. The predicted octanol–water partition coefficient (Wildman–Crippen LogP) is 11.2. The fourth-order valence-corrected chi connectivity index (χ4v) is 6.29. The van der Waals surface area contributed by atoms with E-state index in [9.17, 15) is 0 Å². The van der Waals surface area contributed by atoms with Crippen molar-refractivity contribution >= 4 is 68.3 Å². The fraction of sp³-hybridized carbons (Fsp3) is 0.0500. The predicted molar refractivity (Wildman–Crippen MR) is 210 cm³/mol. The van der Waals surface area contributed by atoms with Crippen molar-refractivity contribution in [2.75, 3.05) is 0 Å². The molecule has 16 heteroatoms. The van der Waals surface area contributed by atoms with Gasteiger partial charge in [-0.1, -0.05) is 70.7 Å². The second-order valence-electron chi connectivity index (χ2n) is 11.9. The molecule has 0 saturated heterocycles. The average Bonchev–Trinajstić information content (AvgIpc) is 3.81. The van der Waals surface area contributed by atoms with Crippen LogP contribution in [-0.4, -0.2) is 30.6 Å². The number of nitrogens with one attached hydrogen (secondary N) is 2. The van der Waals surface area contributed by atoms with Crippen LogP contribution in [0.15, 0.2) is 103 Å². The number of benzene rings is 5. The Balaban J connectivity index is 0.000000172. The van der Waals surface area contributed by atoms with E-state index in [-0.39, 0.29) is 22.9 Å². The lowest BCUT2D eigenvalue weighted by atomic mass is 10.1. The van der Waals surface area contributed by atoms with Crippen molar-refractivity contribution in [2.45, 2.75) is 13.0 Å². The Bertz CT molecular complexity index is 2820. The molecule has 56 heavy (non-hydrogen) atoms. The molecule has 11 nitrogen and oxygen atoms in total. The van der Waals surface area contributed by atoms with E-state index in [1.165, 1.54) is 18.2 Å². The maximum Gasteiger partial charge on any atom is 0.203 e. The van der Waals surface area contributed by atoms with Gasteiger partial charge in [0.1, 0.15) is 29.6 Å². The van der Waals surface area contributed by atoms with Crippen LogP contribution in [0.4, 0.5) is 4.39 Å². The first-order valence-corrected chi connectivity index (χ1v) is 17.9. The molecule has 0 unspecified atom stereocenters. The molecule has 8 rings (SSSR count). The average molecular weight is 824 g/mol. The molecule has 0 saturated carbocycles. The van der Waals surface area contributed by atoms with Crippen LogP contribution >= 0.6 is 46.4 Å². The van der Waals surface area contributed by atoms with Crippen molar-refractivity contribution in [1.29, 1.82) is 10.5 Å². The third kappa shape index (κ3) is 8.76. The van der Waals surface area contributed by atoms with E-state index in [4.69, 9.17) is 71.1 Å². The Morgan fingerprint density at radius 2 is 1.38 bits per heavy atom. The SMILES string of the molecule is N#Cc1cc(Cl)cc(Oc2c(Cl)ccc(Cc3[nH]nc4nnccc34)c2F)c1.N#Cc1cc(Cl)cc(Oc2cc(OCc3[nH]nc4ccccc34)ccc2Cl)c1. The topological polar surface area (TPSA) is 158 Å². The zero-order chi connectivity index (χ0) is 39.2. The highest BCUT2D eigenvalue weighted by Gasteiger charge is 2.18. The summed E-state index contributed by atoms with van der Waals surface area (Å²) in [5, 5.41) is 42.9. The summed E-state index contributed by atoms with van der Waals surface area (Å²) in [6.45, 7) is 0.317. The van der Waals surface area contributed by atoms with Crippen LogP contribution in [0.1, 0.15) is 28.1 Å². The number of para-hydroxylation sites is 1. The second-order valence-corrected chi connectivity index (χ2v) is 13.6. The Morgan fingerprint density at radius 1 is 0.679 bits per heavy atom. The van der Waals surface area contributed by atoms with E-state index in [0.29, 0.717) is 67.0 Å². The van der Waals surface area contributed by atoms with Crippen LogP contribution in [0.2, 0.25) is 20.1 Å². The van der Waals surface area contributed by atoms with Crippen molar-refractivity contribution in [3.05, 3.63) is 157 Å². The van der Waals surface area contributed by atoms with Gasteiger partial charge < -0.3 is 14.2 Å². The minimum absolute atomic E-state index is 0.0973. The fourth-order valence-electron chi connectivity index (χ4n) is 5.50. The number of H-pyrrole nitrogens is 2. The quantitative estimate of drug-likeness (QED) is 0.144. The van der Waals surface area contributed by atoms with Crippen molar-refractivity contribution < 1.29 is 18.6 Å². The molecule has 5 aromatic carbocycles. The number of hydrogen-bond donors (Lipinski definition) is 2. The van der Waals surface area contributed by atoms with Crippen molar-refractivity contribution in [3.8, 4) is 40.9 Å². The number of hydrogen-bond acceptors (Lipinski definition) is 9. The van der Waals surface area contributed by atoms with Crippen LogP contribution in [-0.2, 0) is 13.0 Å². The Labute approximate surface area is 337 Å². The molecular weight excluding hydrogens is 801 g/mol. The normalized spacial score (nSPS) is 10.7. The number of ether oxygens (including phenoxy) is 3. The lowest BCUT2D eigenvalue weighted by Crippen LogP contribution is -1.98. The van der Waals surface area contributed by atoms with Crippen LogP contribution < -0.4 is 14.2 Å². The van der Waals surface area contributed by atoms with Crippen molar-refractivity contribution in [3.63, 3.8) is 0 Å². The van der Waals surface area contributed by atoms with E-state index in [1.807, 2.05) is 36.4 Å². The summed E-state index contributed by atoms with van der Waals surface area (Å²) >= 11 is 24.4. The van der Waals surface area contributed by atoms with Crippen LogP contribution in [0, 0.1) is 28.5 Å². The maximum absolute atomic E-state index is 15.1. The van der Waals surface area contributed by atoms with Gasteiger partial charge in [-0.2, -0.15) is 25.8 Å². The van der Waals surface area contributed by atoms with E-state index >= 15 is 4.39 Å². The standard InChI is InChI=1S/C21H13Cl2N3O2.C19H10Cl2FN5O/c22-14-7-13(11-24)8-16(9-14)28-21-10-15(5-6-18(21)23)27-12-20-17-3-1-2-4-19(17)25-26-20;20-12-5-10(9-23)6-13(8-12)28-18-15(21)2-1-11(17(18)22)7-16-14-3-4-24-26-19(14)27-25-16/h1-10H,12H2,(H,25,26);1-6,8H,7H2,(H,25,26,27). The van der Waals surface area contributed by atoms with E-state index in [2.05, 4.69) is 30.6 Å². The molecule has 2 N–H and O–H groups in total. The Hall–Kier alpha value is -6.41. The van der Waals surface area contributed by atoms with E-state index in [0.717, 1.165) is 22.0 Å². The molecular formula is C40H23Cl4FN8O3. The first-order chi connectivity index (χ1) is 27.2. The number of fused-ring (bicyclic) bond motifs is 2. The first-order valence-electron chi connectivity index (χ1n) is 16.4. The Kier molecular flexibility index (Phi) is 11.5. The first kappa shape index (κ1) is 37.9. The minimum atomic E-state index is -0.615. The third-order valence-electron chi connectivity index (χ3n) is 8.09. The molecule has 0 radical (unpaired) electrons. The zero-order valence-corrected chi connectivity index (χ0v) is 31.6. The second kappa shape index (κ2) is 16.9. The van der Waals surface area contributed by atoms with Gasteiger partial charge in [-0.15, -0.1) is 5.10 Å². The highest BCUT2D eigenvalue weighted by molar-refractivity contribution is 6.32. The third-order valence-corrected chi connectivity index (χ3v) is 9.14. The van der Waals surface area contributed by atoms with Gasteiger partial charge >= 0.3 is 0 Å². The number of rotatable bonds is 9. The highest BCUT2D eigenvalue weighted by atomic mass is 35.5. The number of aromatic nitrogens is 6. The smallest absolute Gasteiger partial charge is 0.203 e. The molecule has 8 aromatic rings. The van der Waals surface area contributed by atoms with Gasteiger partial charge in [0.25, 0.3) is 0 Å². The largest absolute Gasteiger partial charge is 0.487 e. The molecule has 0 fully saturated rings. The maximum atomic E-state index is 15.1. The van der Waals surface area contributed by atoms with Gasteiger partial charge in [-0.05, 0) is 72.3 Å². The summed E-state index contributed by atoms with van der Waals surface area (Å²) in [7, 11) is 0. The number of nitrogens with zero attached hydrogens (tertiary/aromatic N) is 6. The monoisotopic (exact) mass is 822 g/mol. The van der Waals surface area contributed by atoms with E-state index in [1.54, 1.807) is 60.8 Å². The molecule has 0 atom stereocenters. The van der Waals surface area contributed by atoms with Crippen LogP contribution in [0.3, 0.4) is 0 Å². The summed E-state index contributed by atoms with van der Waals surface area (Å²) in [6, 6.07) is 31.0. The number of aromatic amines is 2. The highest BCUT2D eigenvalue weighted by Crippen LogP contribution is 2.37. The molecule has 0 aliphatic heterocycles. The van der Waals surface area contributed by atoms with Crippen molar-refractivity contribution in [2.24, 2.45) is 0 Å². The molecule has 0 spiro atoms. The van der Waals surface area contributed by atoms with Gasteiger partial charge in [0.2, 0.25) is 5.65 Å². The Morgan fingerprint density at radius 3 is 2.12 bits per heavy atom. The van der Waals surface area contributed by atoms with E-state index < -0.39 is 5.82 Å². The molecule has 0 amide bonds. The van der Waals surface area contributed by atoms with Gasteiger partial charge in [0, 0.05) is 39.0 Å². The number of halogens is 5. The molecule has 276 valence electrons. The van der Waals surface area contributed by atoms with Gasteiger partial charge in [-0.25, -0.2) is 4.39 Å². The van der Waals surface area contributed by atoms with Crippen LogP contribution in [0.5, 0.6) is 28.7 Å². The van der Waals surface area contributed by atoms with Gasteiger partial charge in [0.15, 0.2) is 11.6 Å². The molecule has 3 heterocycles. The number of nitriles is 2. The summed E-state index contributed by atoms with van der Waals surface area (Å²) in [5.41, 5.74) is 3.94.